The SMILES string of the molecule is CCCCCCCCn1nc2c(-c3ccc(OCC(C)C)cc3)ccc(-c3ccc(OCC(C)C)cc3)c2n1. The summed E-state index contributed by atoms with van der Waals surface area (Å²) in [5, 5.41) is 10.0. The number of hydrogen-bond acceptors (Lipinski definition) is 4. The van der Waals surface area contributed by atoms with Crippen LogP contribution in [0.15, 0.2) is 60.7 Å². The summed E-state index contributed by atoms with van der Waals surface area (Å²) in [6.45, 7) is 13.2. The number of aryl methyl sites for hydroxylation is 1. The van der Waals surface area contributed by atoms with Gasteiger partial charge in [-0.2, -0.15) is 15.0 Å². The quantitative estimate of drug-likeness (QED) is 0.145. The monoisotopic (exact) mass is 527 g/mol. The molecule has 5 nitrogen and oxygen atoms in total. The van der Waals surface area contributed by atoms with Gasteiger partial charge in [-0.15, -0.1) is 0 Å². The molecule has 0 bridgehead atoms. The first-order valence-electron chi connectivity index (χ1n) is 14.8. The van der Waals surface area contributed by atoms with Gasteiger partial charge in [0.15, 0.2) is 0 Å². The van der Waals surface area contributed by atoms with Gasteiger partial charge >= 0.3 is 0 Å². The molecule has 0 aliphatic heterocycles. The third-order valence-corrected chi connectivity index (χ3v) is 6.79. The molecule has 0 atom stereocenters. The first kappa shape index (κ1) is 28.7. The second-order valence-corrected chi connectivity index (χ2v) is 11.4. The number of benzene rings is 3. The number of rotatable bonds is 15. The van der Waals surface area contributed by atoms with Gasteiger partial charge in [0.25, 0.3) is 0 Å². The van der Waals surface area contributed by atoms with E-state index in [0.717, 1.165) is 57.8 Å². The standard InChI is InChI=1S/C34H45N3O2/c1-6-7-8-9-10-11-22-37-35-33-31(27-12-16-29(17-13-27)38-23-25(2)3)20-21-32(34(33)36-37)28-14-18-30(19-15-28)39-24-26(4)5/h12-21,25-26H,6-11,22-24H2,1-5H3. The fourth-order valence-electron chi connectivity index (χ4n) is 4.62. The third-order valence-electron chi connectivity index (χ3n) is 6.79. The van der Waals surface area contributed by atoms with Gasteiger partial charge in [0.2, 0.25) is 0 Å². The van der Waals surface area contributed by atoms with Crippen molar-refractivity contribution < 1.29 is 9.47 Å². The Morgan fingerprint density at radius 1 is 0.590 bits per heavy atom. The third kappa shape index (κ3) is 8.08. The Hall–Kier alpha value is -3.34. The van der Waals surface area contributed by atoms with Crippen LogP contribution in [0.5, 0.6) is 11.5 Å². The summed E-state index contributed by atoms with van der Waals surface area (Å²) >= 11 is 0. The second-order valence-electron chi connectivity index (χ2n) is 11.4. The smallest absolute Gasteiger partial charge is 0.121 e. The van der Waals surface area contributed by atoms with E-state index in [0.29, 0.717) is 25.0 Å². The first-order chi connectivity index (χ1) is 18.9. The molecule has 5 heteroatoms. The molecule has 0 saturated carbocycles. The number of aromatic nitrogens is 3. The fourth-order valence-corrected chi connectivity index (χ4v) is 4.62. The van der Waals surface area contributed by atoms with Crippen LogP contribution in [0.2, 0.25) is 0 Å². The van der Waals surface area contributed by atoms with E-state index in [1.807, 2.05) is 29.1 Å². The normalized spacial score (nSPS) is 11.6. The van der Waals surface area contributed by atoms with Crippen LogP contribution < -0.4 is 9.47 Å². The first-order valence-corrected chi connectivity index (χ1v) is 14.8. The zero-order valence-corrected chi connectivity index (χ0v) is 24.5. The topological polar surface area (TPSA) is 49.2 Å². The number of nitrogens with zero attached hydrogens (tertiary/aromatic N) is 3. The largest absolute Gasteiger partial charge is 0.493 e. The molecule has 4 rings (SSSR count). The van der Waals surface area contributed by atoms with Crippen molar-refractivity contribution >= 4 is 11.0 Å². The molecule has 0 amide bonds. The molecule has 0 unspecified atom stereocenters. The lowest BCUT2D eigenvalue weighted by Gasteiger charge is -2.11. The molecule has 0 aliphatic carbocycles. The van der Waals surface area contributed by atoms with E-state index in [9.17, 15) is 0 Å². The molecular weight excluding hydrogens is 482 g/mol. The summed E-state index contributed by atoms with van der Waals surface area (Å²) in [6, 6.07) is 21.0. The highest BCUT2D eigenvalue weighted by atomic mass is 16.5. The van der Waals surface area contributed by atoms with Crippen molar-refractivity contribution in [3.8, 4) is 33.8 Å². The summed E-state index contributed by atoms with van der Waals surface area (Å²) in [5.74, 6) is 2.78. The number of hydrogen-bond donors (Lipinski definition) is 0. The van der Waals surface area contributed by atoms with Crippen molar-refractivity contribution in [3.05, 3.63) is 60.7 Å². The summed E-state index contributed by atoms with van der Waals surface area (Å²) < 4.78 is 11.8. The highest BCUT2D eigenvalue weighted by molar-refractivity contribution is 6.00. The van der Waals surface area contributed by atoms with Gasteiger partial charge in [-0.3, -0.25) is 0 Å². The summed E-state index contributed by atoms with van der Waals surface area (Å²) in [7, 11) is 0. The zero-order chi connectivity index (χ0) is 27.6. The van der Waals surface area contributed by atoms with Gasteiger partial charge in [-0.1, -0.05) is 103 Å². The van der Waals surface area contributed by atoms with Crippen molar-refractivity contribution in [1.29, 1.82) is 0 Å². The average molecular weight is 528 g/mol. The Morgan fingerprint density at radius 2 is 1.03 bits per heavy atom. The van der Waals surface area contributed by atoms with Gasteiger partial charge in [0.1, 0.15) is 22.5 Å². The maximum Gasteiger partial charge on any atom is 0.121 e. The average Bonchev–Trinajstić information content (AvgIpc) is 3.37. The Bertz CT molecular complexity index is 1200. The molecular formula is C34H45N3O2. The number of unbranched alkanes of at least 4 members (excludes halogenated alkanes) is 5. The van der Waals surface area contributed by atoms with E-state index in [2.05, 4.69) is 71.0 Å². The van der Waals surface area contributed by atoms with Gasteiger partial charge in [-0.25, -0.2) is 0 Å². The molecule has 0 saturated heterocycles. The Labute approximate surface area is 234 Å². The summed E-state index contributed by atoms with van der Waals surface area (Å²) in [4.78, 5) is 1.90. The van der Waals surface area contributed by atoms with Crippen LogP contribution in [0.25, 0.3) is 33.3 Å². The Kier molecular flexibility index (Phi) is 10.4. The van der Waals surface area contributed by atoms with Crippen LogP contribution in [-0.4, -0.2) is 28.2 Å². The van der Waals surface area contributed by atoms with E-state index < -0.39 is 0 Å². The lowest BCUT2D eigenvalue weighted by molar-refractivity contribution is 0.271. The van der Waals surface area contributed by atoms with Crippen LogP contribution in [-0.2, 0) is 6.54 Å². The fraction of sp³-hybridized carbons (Fsp3) is 0.471. The van der Waals surface area contributed by atoms with E-state index in [-0.39, 0.29) is 0 Å². The number of ether oxygens (including phenoxy) is 2. The molecule has 0 fully saturated rings. The van der Waals surface area contributed by atoms with Gasteiger partial charge in [0.05, 0.1) is 19.8 Å². The van der Waals surface area contributed by atoms with Crippen LogP contribution >= 0.6 is 0 Å². The Balaban J connectivity index is 1.62. The van der Waals surface area contributed by atoms with Gasteiger partial charge in [0, 0.05) is 11.1 Å². The predicted molar refractivity (Wildman–Crippen MR) is 162 cm³/mol. The van der Waals surface area contributed by atoms with Crippen LogP contribution in [0, 0.1) is 11.8 Å². The predicted octanol–water partition coefficient (Wildman–Crippen LogP) is 9.20. The molecule has 39 heavy (non-hydrogen) atoms. The van der Waals surface area contributed by atoms with Crippen LogP contribution in [0.3, 0.4) is 0 Å². The molecule has 0 N–H and O–H groups in total. The lowest BCUT2D eigenvalue weighted by Crippen LogP contribution is -2.04. The van der Waals surface area contributed by atoms with Gasteiger partial charge in [-0.05, 0) is 53.6 Å². The van der Waals surface area contributed by atoms with Crippen LogP contribution in [0.4, 0.5) is 0 Å². The molecule has 208 valence electrons. The lowest BCUT2D eigenvalue weighted by atomic mass is 9.98. The maximum absolute atomic E-state index is 5.90. The summed E-state index contributed by atoms with van der Waals surface area (Å²) in [6.07, 6.45) is 7.49. The van der Waals surface area contributed by atoms with Crippen molar-refractivity contribution in [1.82, 2.24) is 15.0 Å². The van der Waals surface area contributed by atoms with Gasteiger partial charge < -0.3 is 9.47 Å². The van der Waals surface area contributed by atoms with Crippen LogP contribution in [0.1, 0.15) is 73.1 Å². The van der Waals surface area contributed by atoms with Crippen molar-refractivity contribution in [2.24, 2.45) is 11.8 Å². The molecule has 0 spiro atoms. The van der Waals surface area contributed by atoms with E-state index in [1.165, 1.54) is 32.1 Å². The number of fused-ring (bicyclic) bond motifs is 1. The molecule has 1 heterocycles. The summed E-state index contributed by atoms with van der Waals surface area (Å²) in [5.41, 5.74) is 6.30. The minimum Gasteiger partial charge on any atom is -0.493 e. The molecule has 3 aromatic carbocycles. The molecule has 0 radical (unpaired) electrons. The van der Waals surface area contributed by atoms with E-state index in [4.69, 9.17) is 19.7 Å². The second kappa shape index (κ2) is 14.2. The van der Waals surface area contributed by atoms with Crippen molar-refractivity contribution in [2.45, 2.75) is 79.7 Å². The molecule has 1 aromatic heterocycles. The van der Waals surface area contributed by atoms with E-state index in [1.54, 1.807) is 0 Å². The minimum atomic E-state index is 0.495. The minimum absolute atomic E-state index is 0.495. The highest BCUT2D eigenvalue weighted by Crippen LogP contribution is 2.35. The molecule has 4 aromatic rings. The highest BCUT2D eigenvalue weighted by Gasteiger charge is 2.16. The van der Waals surface area contributed by atoms with E-state index >= 15 is 0 Å². The maximum atomic E-state index is 5.90. The Morgan fingerprint density at radius 3 is 1.46 bits per heavy atom. The zero-order valence-electron chi connectivity index (χ0n) is 24.5. The molecule has 0 aliphatic rings. The van der Waals surface area contributed by atoms with Crippen molar-refractivity contribution in [3.63, 3.8) is 0 Å². The van der Waals surface area contributed by atoms with Crippen molar-refractivity contribution in [2.75, 3.05) is 13.2 Å².